The molecule has 0 saturated heterocycles. The SMILES string of the molecule is CCNCCOC[C@H](O)c1ccc2sccc2c1.Cl. The summed E-state index contributed by atoms with van der Waals surface area (Å²) >= 11 is 1.71. The second-order valence-electron chi connectivity index (χ2n) is 4.16. The number of likely N-dealkylation sites (N-methyl/N-ethyl adjacent to an activating group) is 1. The van der Waals surface area contributed by atoms with Gasteiger partial charge in [0.25, 0.3) is 0 Å². The number of hydrogen-bond donors (Lipinski definition) is 2. The molecule has 106 valence electrons. The van der Waals surface area contributed by atoms with Gasteiger partial charge in [-0.2, -0.15) is 0 Å². The Morgan fingerprint density at radius 2 is 2.21 bits per heavy atom. The minimum atomic E-state index is -0.545. The Morgan fingerprint density at radius 1 is 1.37 bits per heavy atom. The monoisotopic (exact) mass is 301 g/mol. The van der Waals surface area contributed by atoms with Gasteiger partial charge in [-0.25, -0.2) is 0 Å². The lowest BCUT2D eigenvalue weighted by molar-refractivity contribution is 0.0376. The van der Waals surface area contributed by atoms with E-state index in [0.717, 1.165) is 18.7 Å². The summed E-state index contributed by atoms with van der Waals surface area (Å²) in [5.74, 6) is 0. The van der Waals surface area contributed by atoms with Crippen LogP contribution in [-0.4, -0.2) is 31.4 Å². The van der Waals surface area contributed by atoms with Gasteiger partial charge < -0.3 is 15.2 Å². The summed E-state index contributed by atoms with van der Waals surface area (Å²) in [4.78, 5) is 0. The fraction of sp³-hybridized carbons (Fsp3) is 0.429. The van der Waals surface area contributed by atoms with Crippen LogP contribution in [0.3, 0.4) is 0 Å². The molecular formula is C14H20ClNO2S. The van der Waals surface area contributed by atoms with Gasteiger partial charge in [0.15, 0.2) is 0 Å². The van der Waals surface area contributed by atoms with E-state index in [1.54, 1.807) is 11.3 Å². The summed E-state index contributed by atoms with van der Waals surface area (Å²) in [6.07, 6.45) is -0.545. The molecule has 2 rings (SSSR count). The van der Waals surface area contributed by atoms with Crippen molar-refractivity contribution in [2.75, 3.05) is 26.3 Å². The third-order valence-electron chi connectivity index (χ3n) is 2.81. The van der Waals surface area contributed by atoms with Gasteiger partial charge in [-0.15, -0.1) is 23.7 Å². The molecule has 1 aromatic heterocycles. The molecular weight excluding hydrogens is 282 g/mol. The van der Waals surface area contributed by atoms with E-state index < -0.39 is 6.10 Å². The molecule has 2 N–H and O–H groups in total. The van der Waals surface area contributed by atoms with Gasteiger partial charge in [0.05, 0.1) is 13.2 Å². The fourth-order valence-electron chi connectivity index (χ4n) is 1.80. The van der Waals surface area contributed by atoms with Crippen molar-refractivity contribution in [3.8, 4) is 0 Å². The number of ether oxygens (including phenoxy) is 1. The van der Waals surface area contributed by atoms with Gasteiger partial charge in [-0.3, -0.25) is 0 Å². The van der Waals surface area contributed by atoms with Crippen LogP contribution in [0, 0.1) is 0 Å². The highest BCUT2D eigenvalue weighted by Crippen LogP contribution is 2.24. The topological polar surface area (TPSA) is 41.5 Å². The Bertz CT molecular complexity index is 489. The molecule has 0 aliphatic carbocycles. The quantitative estimate of drug-likeness (QED) is 0.773. The van der Waals surface area contributed by atoms with Gasteiger partial charge in [0, 0.05) is 11.2 Å². The number of fused-ring (bicyclic) bond motifs is 1. The Labute approximate surface area is 124 Å². The zero-order valence-electron chi connectivity index (χ0n) is 11.0. The summed E-state index contributed by atoms with van der Waals surface area (Å²) in [6.45, 7) is 4.81. The third-order valence-corrected chi connectivity index (χ3v) is 3.71. The molecule has 0 saturated carbocycles. The molecule has 1 aromatic carbocycles. The maximum Gasteiger partial charge on any atom is 0.102 e. The largest absolute Gasteiger partial charge is 0.386 e. The van der Waals surface area contributed by atoms with Gasteiger partial charge in [-0.05, 0) is 41.1 Å². The van der Waals surface area contributed by atoms with Crippen molar-refractivity contribution in [2.24, 2.45) is 0 Å². The number of aliphatic hydroxyl groups excluding tert-OH is 1. The van der Waals surface area contributed by atoms with Crippen molar-refractivity contribution in [1.82, 2.24) is 5.32 Å². The van der Waals surface area contributed by atoms with E-state index in [0.29, 0.717) is 13.2 Å². The van der Waals surface area contributed by atoms with E-state index in [-0.39, 0.29) is 12.4 Å². The minimum absolute atomic E-state index is 0. The molecule has 5 heteroatoms. The summed E-state index contributed by atoms with van der Waals surface area (Å²) in [5, 5.41) is 16.5. The van der Waals surface area contributed by atoms with Crippen molar-refractivity contribution in [1.29, 1.82) is 0 Å². The average Bonchev–Trinajstić information content (AvgIpc) is 2.85. The first-order valence-corrected chi connectivity index (χ1v) is 7.13. The van der Waals surface area contributed by atoms with E-state index in [4.69, 9.17) is 4.74 Å². The summed E-state index contributed by atoms with van der Waals surface area (Å²) in [7, 11) is 0. The maximum atomic E-state index is 10.0. The van der Waals surface area contributed by atoms with Crippen LogP contribution in [-0.2, 0) is 4.74 Å². The minimum Gasteiger partial charge on any atom is -0.386 e. The van der Waals surface area contributed by atoms with Crippen LogP contribution in [0.25, 0.3) is 10.1 Å². The first-order valence-electron chi connectivity index (χ1n) is 6.25. The Morgan fingerprint density at radius 3 is 3.00 bits per heavy atom. The number of halogens is 1. The summed E-state index contributed by atoms with van der Waals surface area (Å²) in [6, 6.07) is 8.13. The van der Waals surface area contributed by atoms with Crippen molar-refractivity contribution in [2.45, 2.75) is 13.0 Å². The van der Waals surface area contributed by atoms with E-state index in [1.807, 2.05) is 12.1 Å². The molecule has 0 aliphatic rings. The normalized spacial score (nSPS) is 12.3. The van der Waals surface area contributed by atoms with E-state index in [1.165, 1.54) is 10.1 Å². The van der Waals surface area contributed by atoms with E-state index in [9.17, 15) is 5.11 Å². The highest BCUT2D eigenvalue weighted by molar-refractivity contribution is 7.17. The second-order valence-corrected chi connectivity index (χ2v) is 5.11. The lowest BCUT2D eigenvalue weighted by Gasteiger charge is -2.12. The van der Waals surface area contributed by atoms with E-state index >= 15 is 0 Å². The molecule has 0 amide bonds. The van der Waals surface area contributed by atoms with Crippen LogP contribution in [0.4, 0.5) is 0 Å². The molecule has 0 radical (unpaired) electrons. The Hall–Kier alpha value is -0.650. The molecule has 2 aromatic rings. The average molecular weight is 302 g/mol. The highest BCUT2D eigenvalue weighted by Gasteiger charge is 2.08. The number of aliphatic hydroxyl groups is 1. The van der Waals surface area contributed by atoms with Gasteiger partial charge >= 0.3 is 0 Å². The smallest absolute Gasteiger partial charge is 0.102 e. The first kappa shape index (κ1) is 16.4. The van der Waals surface area contributed by atoms with Gasteiger partial charge in [-0.1, -0.05) is 13.0 Å². The predicted octanol–water partition coefficient (Wildman–Crippen LogP) is 2.98. The van der Waals surface area contributed by atoms with Crippen molar-refractivity contribution < 1.29 is 9.84 Å². The molecule has 0 aliphatic heterocycles. The molecule has 0 unspecified atom stereocenters. The van der Waals surface area contributed by atoms with E-state index in [2.05, 4.69) is 29.8 Å². The van der Waals surface area contributed by atoms with Gasteiger partial charge in [0.1, 0.15) is 6.10 Å². The molecule has 0 spiro atoms. The van der Waals surface area contributed by atoms with Crippen molar-refractivity contribution in [3.05, 3.63) is 35.2 Å². The number of thiophene rings is 1. The lowest BCUT2D eigenvalue weighted by Crippen LogP contribution is -2.20. The number of nitrogens with one attached hydrogen (secondary N) is 1. The number of hydrogen-bond acceptors (Lipinski definition) is 4. The summed E-state index contributed by atoms with van der Waals surface area (Å²) in [5.41, 5.74) is 0.921. The molecule has 1 heterocycles. The van der Waals surface area contributed by atoms with Crippen LogP contribution in [0.1, 0.15) is 18.6 Å². The Kier molecular flexibility index (Phi) is 7.34. The number of rotatable bonds is 7. The van der Waals surface area contributed by atoms with Crippen LogP contribution >= 0.6 is 23.7 Å². The zero-order chi connectivity index (χ0) is 12.8. The first-order chi connectivity index (χ1) is 8.81. The molecule has 0 fully saturated rings. The second kappa shape index (κ2) is 8.51. The number of benzene rings is 1. The molecule has 19 heavy (non-hydrogen) atoms. The molecule has 0 bridgehead atoms. The van der Waals surface area contributed by atoms with Crippen LogP contribution in [0.2, 0.25) is 0 Å². The van der Waals surface area contributed by atoms with Crippen LogP contribution in [0.5, 0.6) is 0 Å². The predicted molar refractivity (Wildman–Crippen MR) is 83.4 cm³/mol. The fourth-order valence-corrected chi connectivity index (χ4v) is 2.58. The van der Waals surface area contributed by atoms with Crippen molar-refractivity contribution in [3.63, 3.8) is 0 Å². The summed E-state index contributed by atoms with van der Waals surface area (Å²) < 4.78 is 6.68. The zero-order valence-corrected chi connectivity index (χ0v) is 12.6. The van der Waals surface area contributed by atoms with Crippen LogP contribution < -0.4 is 5.32 Å². The molecule has 3 nitrogen and oxygen atoms in total. The van der Waals surface area contributed by atoms with Crippen molar-refractivity contribution >= 4 is 33.8 Å². The molecule has 1 atom stereocenters. The third kappa shape index (κ3) is 4.75. The Balaban J connectivity index is 0.00000180. The standard InChI is InChI=1S/C14H19NO2S.ClH/c1-2-15-6-7-17-10-13(16)11-3-4-14-12(9-11)5-8-18-14;/h3-5,8-9,13,15-16H,2,6-7,10H2,1H3;1H/t13-;/m0./s1. The maximum absolute atomic E-state index is 10.0. The van der Waals surface area contributed by atoms with Gasteiger partial charge in [0.2, 0.25) is 0 Å². The highest BCUT2D eigenvalue weighted by atomic mass is 35.5. The lowest BCUT2D eigenvalue weighted by atomic mass is 10.1. The van der Waals surface area contributed by atoms with Crippen LogP contribution in [0.15, 0.2) is 29.6 Å².